The van der Waals surface area contributed by atoms with E-state index in [1.165, 1.54) is 0 Å². The van der Waals surface area contributed by atoms with Gasteiger partial charge in [-0.25, -0.2) is 4.79 Å². The van der Waals surface area contributed by atoms with E-state index >= 15 is 0 Å². The van der Waals surface area contributed by atoms with Crippen molar-refractivity contribution in [2.75, 3.05) is 20.8 Å². The predicted octanol–water partition coefficient (Wildman–Crippen LogP) is 3.46. The van der Waals surface area contributed by atoms with E-state index in [1.807, 2.05) is 18.2 Å². The first-order valence-electron chi connectivity index (χ1n) is 7.28. The van der Waals surface area contributed by atoms with Crippen LogP contribution in [0.1, 0.15) is 22.8 Å². The van der Waals surface area contributed by atoms with E-state index in [9.17, 15) is 4.79 Å². The van der Waals surface area contributed by atoms with E-state index in [-0.39, 0.29) is 5.97 Å². The first-order chi connectivity index (χ1) is 11.2. The number of hydrogen-bond donors (Lipinski definition) is 0. The lowest BCUT2D eigenvalue weighted by atomic mass is 10.2. The molecule has 0 radical (unpaired) electrons. The van der Waals surface area contributed by atoms with Crippen molar-refractivity contribution in [2.24, 2.45) is 0 Å². The molecule has 2 rings (SSSR count). The molecular formula is C18H20O5. The Morgan fingerprint density at radius 3 is 2.26 bits per heavy atom. The Morgan fingerprint density at radius 1 is 0.957 bits per heavy atom. The summed E-state index contributed by atoms with van der Waals surface area (Å²) in [5, 5.41) is 0. The summed E-state index contributed by atoms with van der Waals surface area (Å²) in [6.45, 7) is 2.46. The standard InChI is InChI=1S/C18H20O5/c1-4-22-18(19)13-5-7-15(8-6-13)23-12-14-11-16(20-2)9-10-17(14)21-3/h5-11H,4,12H2,1-3H3. The molecule has 0 aromatic heterocycles. The van der Waals surface area contributed by atoms with Crippen LogP contribution < -0.4 is 14.2 Å². The van der Waals surface area contributed by atoms with E-state index in [0.717, 1.165) is 17.1 Å². The molecule has 5 nitrogen and oxygen atoms in total. The Hall–Kier alpha value is -2.69. The molecule has 0 amide bonds. The van der Waals surface area contributed by atoms with Crippen LogP contribution in [0.5, 0.6) is 17.2 Å². The Labute approximate surface area is 135 Å². The fraction of sp³-hybridized carbons (Fsp3) is 0.278. The van der Waals surface area contributed by atoms with Crippen LogP contribution in [0.4, 0.5) is 0 Å². The average Bonchev–Trinajstić information content (AvgIpc) is 2.60. The van der Waals surface area contributed by atoms with Gasteiger partial charge in [0.15, 0.2) is 0 Å². The average molecular weight is 316 g/mol. The minimum atomic E-state index is -0.339. The molecule has 0 aliphatic carbocycles. The summed E-state index contributed by atoms with van der Waals surface area (Å²) < 4.78 is 21.2. The molecule has 0 unspecified atom stereocenters. The van der Waals surface area contributed by atoms with Gasteiger partial charge >= 0.3 is 5.97 Å². The number of hydrogen-bond acceptors (Lipinski definition) is 5. The molecule has 0 bridgehead atoms. The van der Waals surface area contributed by atoms with Crippen LogP contribution in [0.2, 0.25) is 0 Å². The maximum Gasteiger partial charge on any atom is 0.338 e. The van der Waals surface area contributed by atoms with E-state index in [0.29, 0.717) is 24.5 Å². The second-order valence-corrected chi connectivity index (χ2v) is 4.71. The van der Waals surface area contributed by atoms with Crippen molar-refractivity contribution in [2.45, 2.75) is 13.5 Å². The van der Waals surface area contributed by atoms with Crippen molar-refractivity contribution in [3.05, 3.63) is 53.6 Å². The number of carbonyl (C=O) groups is 1. The highest BCUT2D eigenvalue weighted by Crippen LogP contribution is 2.25. The van der Waals surface area contributed by atoms with Crippen molar-refractivity contribution >= 4 is 5.97 Å². The molecule has 0 saturated heterocycles. The van der Waals surface area contributed by atoms with Gasteiger partial charge in [-0.05, 0) is 49.4 Å². The second kappa shape index (κ2) is 8.08. The molecular weight excluding hydrogens is 296 g/mol. The Bertz CT molecular complexity index is 649. The van der Waals surface area contributed by atoms with E-state index in [2.05, 4.69) is 0 Å². The van der Waals surface area contributed by atoms with Crippen LogP contribution in [-0.2, 0) is 11.3 Å². The van der Waals surface area contributed by atoms with Gasteiger partial charge in [-0.3, -0.25) is 0 Å². The summed E-state index contributed by atoms with van der Waals surface area (Å²) in [5.74, 6) is 1.78. The molecule has 122 valence electrons. The van der Waals surface area contributed by atoms with Crippen LogP contribution >= 0.6 is 0 Å². The van der Waals surface area contributed by atoms with Gasteiger partial charge in [0, 0.05) is 5.56 Å². The minimum absolute atomic E-state index is 0.332. The van der Waals surface area contributed by atoms with Gasteiger partial charge in [0.1, 0.15) is 23.9 Å². The van der Waals surface area contributed by atoms with Crippen LogP contribution in [0.3, 0.4) is 0 Å². The Balaban J connectivity index is 2.04. The van der Waals surface area contributed by atoms with Gasteiger partial charge in [0.05, 0.1) is 26.4 Å². The van der Waals surface area contributed by atoms with E-state index in [1.54, 1.807) is 45.4 Å². The lowest BCUT2D eigenvalue weighted by Gasteiger charge is -2.12. The molecule has 5 heteroatoms. The normalized spacial score (nSPS) is 10.0. The molecule has 0 aliphatic rings. The summed E-state index contributed by atoms with van der Waals surface area (Å²) in [4.78, 5) is 11.6. The number of benzene rings is 2. The molecule has 23 heavy (non-hydrogen) atoms. The van der Waals surface area contributed by atoms with Crippen molar-refractivity contribution in [3.63, 3.8) is 0 Å². The highest BCUT2D eigenvalue weighted by atomic mass is 16.5. The Morgan fingerprint density at radius 2 is 1.65 bits per heavy atom. The maximum absolute atomic E-state index is 11.6. The third kappa shape index (κ3) is 4.39. The van der Waals surface area contributed by atoms with Crippen LogP contribution in [0, 0.1) is 0 Å². The monoisotopic (exact) mass is 316 g/mol. The number of methoxy groups -OCH3 is 2. The molecule has 0 heterocycles. The highest BCUT2D eigenvalue weighted by Gasteiger charge is 2.08. The van der Waals surface area contributed by atoms with Crippen molar-refractivity contribution < 1.29 is 23.7 Å². The lowest BCUT2D eigenvalue weighted by molar-refractivity contribution is 0.0526. The third-order valence-electron chi connectivity index (χ3n) is 3.25. The lowest BCUT2D eigenvalue weighted by Crippen LogP contribution is -2.04. The van der Waals surface area contributed by atoms with Gasteiger partial charge in [-0.1, -0.05) is 0 Å². The number of carbonyl (C=O) groups excluding carboxylic acids is 1. The van der Waals surface area contributed by atoms with E-state index in [4.69, 9.17) is 18.9 Å². The van der Waals surface area contributed by atoms with Gasteiger partial charge in [0.2, 0.25) is 0 Å². The zero-order valence-corrected chi connectivity index (χ0v) is 13.5. The molecule has 2 aromatic carbocycles. The van der Waals surface area contributed by atoms with Crippen molar-refractivity contribution in [3.8, 4) is 17.2 Å². The summed E-state index contributed by atoms with van der Waals surface area (Å²) in [7, 11) is 3.22. The SMILES string of the molecule is CCOC(=O)c1ccc(OCc2cc(OC)ccc2OC)cc1. The fourth-order valence-electron chi connectivity index (χ4n) is 2.06. The molecule has 2 aromatic rings. The summed E-state index contributed by atoms with van der Waals surface area (Å²) in [5.41, 5.74) is 1.37. The third-order valence-corrected chi connectivity index (χ3v) is 3.25. The summed E-state index contributed by atoms with van der Waals surface area (Å²) in [6.07, 6.45) is 0. The largest absolute Gasteiger partial charge is 0.497 e. The summed E-state index contributed by atoms with van der Waals surface area (Å²) >= 11 is 0. The number of esters is 1. The smallest absolute Gasteiger partial charge is 0.338 e. The molecule has 0 atom stereocenters. The molecule has 0 saturated carbocycles. The van der Waals surface area contributed by atoms with Crippen molar-refractivity contribution in [1.29, 1.82) is 0 Å². The van der Waals surface area contributed by atoms with Gasteiger partial charge < -0.3 is 18.9 Å². The van der Waals surface area contributed by atoms with Crippen molar-refractivity contribution in [1.82, 2.24) is 0 Å². The van der Waals surface area contributed by atoms with Gasteiger partial charge in [-0.2, -0.15) is 0 Å². The second-order valence-electron chi connectivity index (χ2n) is 4.71. The maximum atomic E-state index is 11.6. The van der Waals surface area contributed by atoms with Crippen LogP contribution in [0.25, 0.3) is 0 Å². The van der Waals surface area contributed by atoms with E-state index < -0.39 is 0 Å². The van der Waals surface area contributed by atoms with Crippen LogP contribution in [-0.4, -0.2) is 26.8 Å². The topological polar surface area (TPSA) is 54.0 Å². The zero-order chi connectivity index (χ0) is 16.7. The highest BCUT2D eigenvalue weighted by molar-refractivity contribution is 5.89. The fourth-order valence-corrected chi connectivity index (χ4v) is 2.06. The molecule has 0 aliphatic heterocycles. The van der Waals surface area contributed by atoms with Gasteiger partial charge in [0.25, 0.3) is 0 Å². The number of rotatable bonds is 7. The molecule has 0 N–H and O–H groups in total. The first-order valence-corrected chi connectivity index (χ1v) is 7.28. The predicted molar refractivity (Wildman–Crippen MR) is 86.3 cm³/mol. The Kier molecular flexibility index (Phi) is 5.86. The van der Waals surface area contributed by atoms with Crippen LogP contribution in [0.15, 0.2) is 42.5 Å². The summed E-state index contributed by atoms with van der Waals surface area (Å²) in [6, 6.07) is 12.4. The minimum Gasteiger partial charge on any atom is -0.497 e. The van der Waals surface area contributed by atoms with Gasteiger partial charge in [-0.15, -0.1) is 0 Å². The number of ether oxygens (including phenoxy) is 4. The quantitative estimate of drug-likeness (QED) is 0.732. The first kappa shape index (κ1) is 16.7. The molecule has 0 spiro atoms. The molecule has 0 fully saturated rings. The zero-order valence-electron chi connectivity index (χ0n) is 13.5.